The topological polar surface area (TPSA) is 87.5 Å². The van der Waals surface area contributed by atoms with Gasteiger partial charge in [-0.2, -0.15) is 5.26 Å². The predicted octanol–water partition coefficient (Wildman–Crippen LogP) is 2.68. The van der Waals surface area contributed by atoms with Gasteiger partial charge in [-0.15, -0.1) is 0 Å². The Kier molecular flexibility index (Phi) is 4.75. The normalized spacial score (nSPS) is 18.3. The number of carbonyl (C=O) groups is 1. The third kappa shape index (κ3) is 3.77. The fraction of sp³-hybridized carbons (Fsp3) is 0.350. The largest absolute Gasteiger partial charge is 0.355 e. The summed E-state index contributed by atoms with van der Waals surface area (Å²) in [5.74, 6) is -0.600. The quantitative estimate of drug-likeness (QED) is 0.901. The first kappa shape index (κ1) is 17.5. The van der Waals surface area contributed by atoms with E-state index in [1.807, 2.05) is 12.1 Å². The first-order valence-corrected chi connectivity index (χ1v) is 8.98. The number of rotatable bonds is 3. The zero-order chi connectivity index (χ0) is 18.7. The number of likely N-dealkylation sites (tertiary alicyclic amines) is 1. The minimum absolute atomic E-state index is 0.0997. The van der Waals surface area contributed by atoms with Crippen LogP contribution in [-0.4, -0.2) is 47.9 Å². The highest BCUT2D eigenvalue weighted by Gasteiger charge is 2.41. The molecule has 4 rings (SSSR count). The summed E-state index contributed by atoms with van der Waals surface area (Å²) in [5, 5.41) is 12.2. The molecule has 2 fully saturated rings. The van der Waals surface area contributed by atoms with Gasteiger partial charge in [0.25, 0.3) is 5.91 Å². The number of benzene rings is 1. The van der Waals surface area contributed by atoms with Crippen LogP contribution >= 0.6 is 0 Å². The minimum atomic E-state index is -0.501. The molecule has 2 aliphatic heterocycles. The molecule has 0 aliphatic carbocycles. The number of hydrogen-bond acceptors (Lipinski definition) is 6. The maximum Gasteiger partial charge on any atom is 0.272 e. The van der Waals surface area contributed by atoms with Gasteiger partial charge in [-0.3, -0.25) is 9.78 Å². The molecule has 2 saturated heterocycles. The van der Waals surface area contributed by atoms with E-state index in [-0.39, 0.29) is 5.91 Å². The molecule has 1 amide bonds. The second-order valence-electron chi connectivity index (χ2n) is 6.65. The summed E-state index contributed by atoms with van der Waals surface area (Å²) in [6.45, 7) is 2.41. The molecule has 1 aromatic heterocycles. The number of nitrogens with zero attached hydrogens (tertiary/aromatic N) is 3. The Morgan fingerprint density at radius 1 is 1.15 bits per heavy atom. The predicted molar refractivity (Wildman–Crippen MR) is 98.4 cm³/mol. The lowest BCUT2D eigenvalue weighted by atomic mass is 10.0. The summed E-state index contributed by atoms with van der Waals surface area (Å²) in [7, 11) is 0. The molecule has 0 atom stereocenters. The SMILES string of the molecule is N#Cc1cccc(Nc2ccnc(C(=O)N3CCC4(CC3)OCCO4)c2)c1. The number of anilines is 2. The molecule has 7 heteroatoms. The van der Waals surface area contributed by atoms with Crippen LogP contribution in [0.1, 0.15) is 28.9 Å². The number of nitrogens with one attached hydrogen (secondary N) is 1. The highest BCUT2D eigenvalue weighted by Crippen LogP contribution is 2.31. The highest BCUT2D eigenvalue weighted by molar-refractivity contribution is 5.93. The van der Waals surface area contributed by atoms with Crippen LogP contribution in [0, 0.1) is 11.3 Å². The van der Waals surface area contributed by atoms with Crippen LogP contribution < -0.4 is 5.32 Å². The average Bonchev–Trinajstić information content (AvgIpc) is 3.16. The summed E-state index contributed by atoms with van der Waals surface area (Å²) in [6, 6.07) is 12.8. The van der Waals surface area contributed by atoms with Gasteiger partial charge in [-0.05, 0) is 30.3 Å². The molecular formula is C20H20N4O3. The minimum Gasteiger partial charge on any atom is -0.355 e. The van der Waals surface area contributed by atoms with Crippen molar-refractivity contribution < 1.29 is 14.3 Å². The van der Waals surface area contributed by atoms with E-state index in [4.69, 9.17) is 14.7 Å². The van der Waals surface area contributed by atoms with E-state index >= 15 is 0 Å². The highest BCUT2D eigenvalue weighted by atomic mass is 16.7. The van der Waals surface area contributed by atoms with Crippen LogP contribution in [-0.2, 0) is 9.47 Å². The lowest BCUT2D eigenvalue weighted by molar-refractivity contribution is -0.181. The van der Waals surface area contributed by atoms with E-state index in [0.717, 1.165) is 11.4 Å². The standard InChI is InChI=1S/C20H20N4O3/c21-14-15-2-1-3-16(12-15)23-17-4-7-22-18(13-17)19(25)24-8-5-20(6-9-24)26-10-11-27-20/h1-4,7,12-13H,5-6,8-11H2,(H,22,23). The van der Waals surface area contributed by atoms with E-state index in [2.05, 4.69) is 16.4 Å². The van der Waals surface area contributed by atoms with Crippen molar-refractivity contribution >= 4 is 17.3 Å². The molecule has 0 bridgehead atoms. The molecule has 138 valence electrons. The molecule has 27 heavy (non-hydrogen) atoms. The lowest BCUT2D eigenvalue weighted by Gasteiger charge is -2.37. The molecule has 0 saturated carbocycles. The zero-order valence-corrected chi connectivity index (χ0v) is 14.9. The van der Waals surface area contributed by atoms with Gasteiger partial charge in [0.15, 0.2) is 5.79 Å². The van der Waals surface area contributed by atoms with E-state index in [9.17, 15) is 4.79 Å². The molecule has 1 spiro atoms. The molecule has 7 nitrogen and oxygen atoms in total. The Morgan fingerprint density at radius 3 is 2.63 bits per heavy atom. The fourth-order valence-corrected chi connectivity index (χ4v) is 3.46. The van der Waals surface area contributed by atoms with Crippen LogP contribution in [0.5, 0.6) is 0 Å². The van der Waals surface area contributed by atoms with Crippen LogP contribution in [0.4, 0.5) is 11.4 Å². The molecule has 1 aromatic carbocycles. The van der Waals surface area contributed by atoms with Gasteiger partial charge in [-0.25, -0.2) is 0 Å². The van der Waals surface area contributed by atoms with Crippen molar-refractivity contribution in [3.63, 3.8) is 0 Å². The number of hydrogen-bond donors (Lipinski definition) is 1. The van der Waals surface area contributed by atoms with E-state index < -0.39 is 5.79 Å². The van der Waals surface area contributed by atoms with Gasteiger partial charge < -0.3 is 19.7 Å². The van der Waals surface area contributed by atoms with Gasteiger partial charge in [0.1, 0.15) is 5.69 Å². The number of ether oxygens (including phenoxy) is 2. The van der Waals surface area contributed by atoms with Gasteiger partial charge in [0.05, 0.1) is 24.8 Å². The maximum atomic E-state index is 12.8. The second kappa shape index (κ2) is 7.35. The molecule has 0 unspecified atom stereocenters. The van der Waals surface area contributed by atoms with E-state index in [0.29, 0.717) is 50.4 Å². The third-order valence-corrected chi connectivity index (χ3v) is 4.89. The third-order valence-electron chi connectivity index (χ3n) is 4.89. The fourth-order valence-electron chi connectivity index (χ4n) is 3.46. The number of aromatic nitrogens is 1. The molecule has 2 aliphatic rings. The Hall–Kier alpha value is -2.95. The molecule has 1 N–H and O–H groups in total. The Balaban J connectivity index is 1.44. The van der Waals surface area contributed by atoms with Gasteiger partial charge in [0, 0.05) is 43.5 Å². The smallest absolute Gasteiger partial charge is 0.272 e. The van der Waals surface area contributed by atoms with Crippen molar-refractivity contribution in [3.8, 4) is 6.07 Å². The van der Waals surface area contributed by atoms with Crippen LogP contribution in [0.25, 0.3) is 0 Å². The monoisotopic (exact) mass is 364 g/mol. The average molecular weight is 364 g/mol. The summed E-state index contributed by atoms with van der Waals surface area (Å²) in [6.07, 6.45) is 2.97. The second-order valence-corrected chi connectivity index (χ2v) is 6.65. The number of pyridine rings is 1. The van der Waals surface area contributed by atoms with E-state index in [1.165, 1.54) is 0 Å². The van der Waals surface area contributed by atoms with Crippen LogP contribution in [0.3, 0.4) is 0 Å². The molecule has 2 aromatic rings. The summed E-state index contributed by atoms with van der Waals surface area (Å²) < 4.78 is 11.4. The van der Waals surface area contributed by atoms with Gasteiger partial charge in [0.2, 0.25) is 0 Å². The molecular weight excluding hydrogens is 344 g/mol. The summed E-state index contributed by atoms with van der Waals surface area (Å²) >= 11 is 0. The number of carbonyl (C=O) groups excluding carboxylic acids is 1. The van der Waals surface area contributed by atoms with Crippen LogP contribution in [0.2, 0.25) is 0 Å². The first-order valence-electron chi connectivity index (χ1n) is 8.98. The number of amides is 1. The van der Waals surface area contributed by atoms with E-state index in [1.54, 1.807) is 35.4 Å². The maximum absolute atomic E-state index is 12.8. The van der Waals surface area contributed by atoms with Crippen molar-refractivity contribution in [2.45, 2.75) is 18.6 Å². The van der Waals surface area contributed by atoms with Gasteiger partial charge in [-0.1, -0.05) is 6.07 Å². The Morgan fingerprint density at radius 2 is 1.89 bits per heavy atom. The zero-order valence-electron chi connectivity index (χ0n) is 14.9. The lowest BCUT2D eigenvalue weighted by Crippen LogP contribution is -2.47. The van der Waals surface area contributed by atoms with Crippen LogP contribution in [0.15, 0.2) is 42.6 Å². The number of nitriles is 1. The van der Waals surface area contributed by atoms with Crippen molar-refractivity contribution in [1.29, 1.82) is 5.26 Å². The van der Waals surface area contributed by atoms with Gasteiger partial charge >= 0.3 is 0 Å². The van der Waals surface area contributed by atoms with Crippen molar-refractivity contribution in [3.05, 3.63) is 53.9 Å². The Labute approximate surface area is 157 Å². The van der Waals surface area contributed by atoms with Crippen molar-refractivity contribution in [2.75, 3.05) is 31.6 Å². The summed E-state index contributed by atoms with van der Waals surface area (Å²) in [4.78, 5) is 18.8. The molecule has 0 radical (unpaired) electrons. The van der Waals surface area contributed by atoms with Crippen molar-refractivity contribution in [2.24, 2.45) is 0 Å². The Bertz CT molecular complexity index is 877. The summed E-state index contributed by atoms with van der Waals surface area (Å²) in [5.41, 5.74) is 2.50. The molecule has 3 heterocycles. The number of piperidine rings is 1. The van der Waals surface area contributed by atoms with Crippen molar-refractivity contribution in [1.82, 2.24) is 9.88 Å². The first-order chi connectivity index (χ1) is 13.2.